The molecule has 5 rings (SSSR count). The second kappa shape index (κ2) is 14.6. The van der Waals surface area contributed by atoms with Gasteiger partial charge in [-0.3, -0.25) is 4.79 Å². The molecule has 0 unspecified atom stereocenters. The number of aliphatic hydroxyl groups excluding tert-OH is 1. The number of carbonyl (C=O) groups is 1. The van der Waals surface area contributed by atoms with Crippen LogP contribution in [-0.2, 0) is 16.1 Å². The second-order valence-electron chi connectivity index (χ2n) is 10.6. The molecule has 0 saturated heterocycles. The molecule has 1 aliphatic heterocycles. The van der Waals surface area contributed by atoms with Crippen molar-refractivity contribution in [3.05, 3.63) is 141 Å². The first-order chi connectivity index (χ1) is 21.4. The number of halogens is 2. The summed E-state index contributed by atoms with van der Waals surface area (Å²) >= 11 is 13.0. The summed E-state index contributed by atoms with van der Waals surface area (Å²) in [5.41, 5.74) is 3.01. The third kappa shape index (κ3) is 7.51. The summed E-state index contributed by atoms with van der Waals surface area (Å²) in [6, 6.07) is 30.4. The number of carbonyl (C=O) groups excluding carboxylic acids is 1. The minimum atomic E-state index is -1.38. The van der Waals surface area contributed by atoms with Gasteiger partial charge in [0, 0.05) is 47.2 Å². The fourth-order valence-electron chi connectivity index (χ4n) is 5.10. The number of nitrogens with one attached hydrogen (secondary N) is 1. The maximum Gasteiger partial charge on any atom is 0.252 e. The Balaban J connectivity index is 1.55. The van der Waals surface area contributed by atoms with Crippen molar-refractivity contribution in [2.24, 2.45) is 4.99 Å². The van der Waals surface area contributed by atoms with Crippen molar-refractivity contribution < 1.29 is 19.4 Å². The van der Waals surface area contributed by atoms with Crippen molar-refractivity contribution in [3.63, 3.8) is 0 Å². The van der Waals surface area contributed by atoms with E-state index in [1.807, 2.05) is 97.9 Å². The summed E-state index contributed by atoms with van der Waals surface area (Å²) in [4.78, 5) is 19.4. The number of benzene rings is 4. The van der Waals surface area contributed by atoms with Crippen LogP contribution >= 0.6 is 23.2 Å². The number of rotatable bonds is 12. The quantitative estimate of drug-likeness (QED) is 0.157. The van der Waals surface area contributed by atoms with Crippen LogP contribution in [-0.4, -0.2) is 35.7 Å². The van der Waals surface area contributed by atoms with Crippen LogP contribution in [0, 0.1) is 6.92 Å². The highest BCUT2D eigenvalue weighted by molar-refractivity contribution is 6.35. The van der Waals surface area contributed by atoms with Crippen LogP contribution in [0.25, 0.3) is 6.08 Å². The fraction of sp³-hybridized carbons (Fsp3) is 0.222. The van der Waals surface area contributed by atoms with Crippen LogP contribution in [0.5, 0.6) is 5.75 Å². The molecule has 0 aliphatic carbocycles. The summed E-state index contributed by atoms with van der Waals surface area (Å²) in [7, 11) is 0. The number of hydrogen-bond acceptors (Lipinski definition) is 5. The topological polar surface area (TPSA) is 80.2 Å². The Hall–Kier alpha value is -4.10. The zero-order valence-corrected chi connectivity index (χ0v) is 25.9. The van der Waals surface area contributed by atoms with Gasteiger partial charge in [0.2, 0.25) is 5.90 Å². The normalized spacial score (nSPS) is 17.7. The van der Waals surface area contributed by atoms with Crippen molar-refractivity contribution >= 4 is 41.1 Å². The van der Waals surface area contributed by atoms with Gasteiger partial charge >= 0.3 is 0 Å². The van der Waals surface area contributed by atoms with E-state index in [-0.39, 0.29) is 18.9 Å². The SMILES string of the molecule is Cc1cccc(CNC(=O)[C@]2(C/C=C/c3ccccc3)N=C(c3ccc(OCCCO)cc3)O[C@@H]2c2ccc(Cl)cc2Cl)c1. The Morgan fingerprint density at radius 1 is 1.02 bits per heavy atom. The molecule has 0 aromatic heterocycles. The Labute approximate surface area is 268 Å². The van der Waals surface area contributed by atoms with Crippen LogP contribution < -0.4 is 10.1 Å². The van der Waals surface area contributed by atoms with Gasteiger partial charge < -0.3 is 19.9 Å². The third-order valence-corrected chi connectivity index (χ3v) is 7.91. The fourth-order valence-corrected chi connectivity index (χ4v) is 5.61. The summed E-state index contributed by atoms with van der Waals surface area (Å²) < 4.78 is 12.3. The van der Waals surface area contributed by atoms with E-state index in [0.29, 0.717) is 52.4 Å². The van der Waals surface area contributed by atoms with E-state index in [4.69, 9.17) is 42.8 Å². The molecule has 0 saturated carbocycles. The first-order valence-electron chi connectivity index (χ1n) is 14.5. The van der Waals surface area contributed by atoms with Gasteiger partial charge in [-0.15, -0.1) is 0 Å². The van der Waals surface area contributed by atoms with Crippen molar-refractivity contribution in [3.8, 4) is 5.75 Å². The highest BCUT2D eigenvalue weighted by Crippen LogP contribution is 2.45. The van der Waals surface area contributed by atoms with Gasteiger partial charge in [-0.1, -0.05) is 102 Å². The van der Waals surface area contributed by atoms with Crippen molar-refractivity contribution in [1.29, 1.82) is 0 Å². The third-order valence-electron chi connectivity index (χ3n) is 7.35. The Bertz CT molecular complexity index is 1640. The number of hydrogen-bond donors (Lipinski definition) is 2. The molecule has 4 aromatic rings. The van der Waals surface area contributed by atoms with Crippen LogP contribution in [0.15, 0.2) is 108 Å². The zero-order valence-electron chi connectivity index (χ0n) is 24.4. The predicted molar refractivity (Wildman–Crippen MR) is 176 cm³/mol. The van der Waals surface area contributed by atoms with E-state index in [9.17, 15) is 4.79 Å². The van der Waals surface area contributed by atoms with E-state index in [0.717, 1.165) is 16.7 Å². The monoisotopic (exact) mass is 628 g/mol. The molecule has 0 bridgehead atoms. The summed E-state index contributed by atoms with van der Waals surface area (Å²) in [5.74, 6) is 0.694. The standard InChI is InChI=1S/C36H34Cl2N2O4/c1-25-8-5-11-27(22-25)24-39-35(42)36(19-6-12-26-9-3-2-4-10-26)33(31-18-15-29(37)23-32(31)38)44-34(40-36)28-13-16-30(17-14-28)43-21-7-20-41/h2-6,8-18,22-23,33,41H,7,19-21,24H2,1H3,(H,39,42)/b12-6+/t33-,36-/m1/s1. The lowest BCUT2D eigenvalue weighted by Crippen LogP contribution is -2.47. The average Bonchev–Trinajstić information content (AvgIpc) is 3.41. The molecule has 1 amide bonds. The van der Waals surface area contributed by atoms with E-state index >= 15 is 0 Å². The minimum absolute atomic E-state index is 0.0596. The smallest absolute Gasteiger partial charge is 0.252 e. The van der Waals surface area contributed by atoms with E-state index in [1.165, 1.54) is 0 Å². The minimum Gasteiger partial charge on any atom is -0.494 e. The maximum absolute atomic E-state index is 14.4. The molecule has 8 heteroatoms. The van der Waals surface area contributed by atoms with Gasteiger partial charge in [0.25, 0.3) is 5.91 Å². The lowest BCUT2D eigenvalue weighted by molar-refractivity contribution is -0.129. The first-order valence-corrected chi connectivity index (χ1v) is 15.2. The van der Waals surface area contributed by atoms with E-state index in [1.54, 1.807) is 18.2 Å². The number of ether oxygens (including phenoxy) is 2. The first kappa shape index (κ1) is 31.3. The number of amides is 1. The largest absolute Gasteiger partial charge is 0.494 e. The Morgan fingerprint density at radius 2 is 1.82 bits per heavy atom. The molecular formula is C36H34Cl2N2O4. The summed E-state index contributed by atoms with van der Waals surface area (Å²) in [6.07, 6.45) is 3.88. The molecule has 0 radical (unpaired) electrons. The van der Waals surface area contributed by atoms with Crippen LogP contribution in [0.3, 0.4) is 0 Å². The molecule has 2 atom stereocenters. The summed E-state index contributed by atoms with van der Waals surface area (Å²) in [5, 5.41) is 13.0. The van der Waals surface area contributed by atoms with Crippen molar-refractivity contribution in [1.82, 2.24) is 5.32 Å². The molecule has 6 nitrogen and oxygen atoms in total. The van der Waals surface area contributed by atoms with Crippen molar-refractivity contribution in [2.45, 2.75) is 38.0 Å². The van der Waals surface area contributed by atoms with E-state index in [2.05, 4.69) is 5.32 Å². The molecule has 4 aromatic carbocycles. The van der Waals surface area contributed by atoms with Gasteiger partial charge in [0.1, 0.15) is 5.75 Å². The molecule has 44 heavy (non-hydrogen) atoms. The van der Waals surface area contributed by atoms with Crippen LogP contribution in [0.2, 0.25) is 10.0 Å². The van der Waals surface area contributed by atoms with Gasteiger partial charge in [-0.25, -0.2) is 4.99 Å². The Morgan fingerprint density at radius 3 is 2.55 bits per heavy atom. The van der Waals surface area contributed by atoms with Gasteiger partial charge in [-0.2, -0.15) is 0 Å². The van der Waals surface area contributed by atoms with Crippen LogP contribution in [0.4, 0.5) is 0 Å². The molecule has 0 spiro atoms. The van der Waals surface area contributed by atoms with Crippen LogP contribution in [0.1, 0.15) is 46.8 Å². The van der Waals surface area contributed by atoms with E-state index < -0.39 is 11.6 Å². The number of nitrogens with zero attached hydrogens (tertiary/aromatic N) is 1. The molecule has 226 valence electrons. The molecule has 2 N–H and O–H groups in total. The average molecular weight is 630 g/mol. The van der Waals surface area contributed by atoms with Gasteiger partial charge in [0.15, 0.2) is 11.6 Å². The summed E-state index contributed by atoms with van der Waals surface area (Å²) in [6.45, 7) is 2.81. The maximum atomic E-state index is 14.4. The molecule has 1 aliphatic rings. The van der Waals surface area contributed by atoms with Gasteiger partial charge in [-0.05, 0) is 54.4 Å². The highest BCUT2D eigenvalue weighted by Gasteiger charge is 2.53. The molecular weight excluding hydrogens is 595 g/mol. The Kier molecular flexibility index (Phi) is 10.4. The molecule has 0 fully saturated rings. The highest BCUT2D eigenvalue weighted by atomic mass is 35.5. The lowest BCUT2D eigenvalue weighted by atomic mass is 9.84. The number of aryl methyl sites for hydroxylation is 1. The van der Waals surface area contributed by atoms with Gasteiger partial charge in [0.05, 0.1) is 6.61 Å². The van der Waals surface area contributed by atoms with Crippen molar-refractivity contribution in [2.75, 3.05) is 13.2 Å². The second-order valence-corrected chi connectivity index (χ2v) is 11.5. The number of aliphatic imine (C=N–C) groups is 1. The lowest BCUT2D eigenvalue weighted by Gasteiger charge is -2.30. The molecule has 1 heterocycles. The number of aliphatic hydroxyl groups is 1. The zero-order chi connectivity index (χ0) is 30.9. The predicted octanol–water partition coefficient (Wildman–Crippen LogP) is 7.74.